The van der Waals surface area contributed by atoms with Crippen molar-refractivity contribution >= 4 is 10.9 Å². The van der Waals surface area contributed by atoms with Crippen LogP contribution in [-0.4, -0.2) is 22.6 Å². The first-order valence-electron chi connectivity index (χ1n) is 10.2. The smallest absolute Gasteiger partial charge is 0.0486 e. The number of likely N-dealkylation sites (N-methyl/N-ethyl adjacent to an activating group) is 1. The molecule has 2 atom stereocenters. The summed E-state index contributed by atoms with van der Waals surface area (Å²) in [5, 5.41) is 1.52. The number of nitrogens with zero attached hydrogens (tertiary/aromatic N) is 2. The van der Waals surface area contributed by atoms with Gasteiger partial charge in [0, 0.05) is 41.6 Å². The highest BCUT2D eigenvalue weighted by Gasteiger charge is 2.40. The maximum atomic E-state index is 2.65. The molecular formula is C24H28N2. The normalized spacial score (nSPS) is 22.1. The molecule has 5 rings (SSSR count). The maximum absolute atomic E-state index is 2.65. The first-order chi connectivity index (χ1) is 12.8. The van der Waals surface area contributed by atoms with Crippen LogP contribution in [-0.2, 0) is 25.8 Å². The summed E-state index contributed by atoms with van der Waals surface area (Å²) in [6.07, 6.45) is 6.11. The molecule has 3 heterocycles. The van der Waals surface area contributed by atoms with Crippen molar-refractivity contribution in [2.75, 3.05) is 7.05 Å². The van der Waals surface area contributed by atoms with Crippen molar-refractivity contribution in [1.82, 2.24) is 9.47 Å². The highest BCUT2D eigenvalue weighted by Crippen LogP contribution is 2.47. The number of aromatic nitrogens is 1. The lowest BCUT2D eigenvalue weighted by Crippen LogP contribution is -2.34. The molecule has 2 heteroatoms. The van der Waals surface area contributed by atoms with E-state index in [4.69, 9.17) is 0 Å². The largest absolute Gasteiger partial charge is 0.344 e. The Labute approximate surface area is 156 Å². The van der Waals surface area contributed by atoms with Crippen LogP contribution >= 0.6 is 0 Å². The van der Waals surface area contributed by atoms with E-state index in [1.165, 1.54) is 41.3 Å². The Hall–Kier alpha value is -2.06. The van der Waals surface area contributed by atoms with Crippen molar-refractivity contribution in [2.24, 2.45) is 0 Å². The predicted octanol–water partition coefficient (Wildman–Crippen LogP) is 5.14. The Morgan fingerprint density at radius 3 is 2.65 bits per heavy atom. The molecule has 2 unspecified atom stereocenters. The van der Waals surface area contributed by atoms with Crippen LogP contribution in [0.1, 0.15) is 48.2 Å². The van der Waals surface area contributed by atoms with E-state index >= 15 is 0 Å². The number of aryl methyl sites for hydroxylation is 3. The van der Waals surface area contributed by atoms with E-state index in [1.54, 1.807) is 11.3 Å². The molecule has 2 bridgehead atoms. The van der Waals surface area contributed by atoms with Crippen LogP contribution in [0.25, 0.3) is 10.9 Å². The van der Waals surface area contributed by atoms with Gasteiger partial charge in [-0.1, -0.05) is 43.3 Å². The fourth-order valence-electron chi connectivity index (χ4n) is 5.26. The molecule has 0 radical (unpaired) electrons. The van der Waals surface area contributed by atoms with Gasteiger partial charge in [-0.05, 0) is 61.6 Å². The number of hydrogen-bond acceptors (Lipinski definition) is 1. The average Bonchev–Trinajstić information content (AvgIpc) is 3.10. The van der Waals surface area contributed by atoms with Crippen LogP contribution in [0.2, 0.25) is 0 Å². The SMILES string of the molecule is CCc1ccc2c(c1)c1c(n2CCc2ccccc2)CC2CCC1N2C. The van der Waals surface area contributed by atoms with E-state index < -0.39 is 0 Å². The van der Waals surface area contributed by atoms with Crippen LogP contribution in [0.5, 0.6) is 0 Å². The third-order valence-corrected chi connectivity index (χ3v) is 6.76. The monoisotopic (exact) mass is 344 g/mol. The lowest BCUT2D eigenvalue weighted by atomic mass is 9.96. The zero-order valence-corrected chi connectivity index (χ0v) is 15.9. The summed E-state index contributed by atoms with van der Waals surface area (Å²) < 4.78 is 2.65. The van der Waals surface area contributed by atoms with Crippen LogP contribution < -0.4 is 0 Å². The summed E-state index contributed by atoms with van der Waals surface area (Å²) in [6.45, 7) is 3.35. The van der Waals surface area contributed by atoms with Gasteiger partial charge in [0.05, 0.1) is 0 Å². The van der Waals surface area contributed by atoms with Crippen molar-refractivity contribution in [3.63, 3.8) is 0 Å². The fourth-order valence-corrected chi connectivity index (χ4v) is 5.26. The minimum Gasteiger partial charge on any atom is -0.344 e. The first-order valence-corrected chi connectivity index (χ1v) is 10.2. The van der Waals surface area contributed by atoms with Crippen LogP contribution in [0, 0.1) is 0 Å². The molecule has 1 saturated heterocycles. The molecule has 0 saturated carbocycles. The number of hydrogen-bond donors (Lipinski definition) is 0. The molecule has 2 aromatic carbocycles. The Kier molecular flexibility index (Phi) is 3.90. The second-order valence-electron chi connectivity index (χ2n) is 8.07. The van der Waals surface area contributed by atoms with E-state index in [0.29, 0.717) is 6.04 Å². The van der Waals surface area contributed by atoms with Crippen molar-refractivity contribution in [3.05, 3.63) is 70.9 Å². The number of rotatable bonds is 4. The van der Waals surface area contributed by atoms with Crippen molar-refractivity contribution in [1.29, 1.82) is 0 Å². The van der Waals surface area contributed by atoms with Gasteiger partial charge in [-0.15, -0.1) is 0 Å². The zero-order valence-electron chi connectivity index (χ0n) is 15.9. The molecule has 0 aliphatic carbocycles. The third-order valence-electron chi connectivity index (χ3n) is 6.76. The predicted molar refractivity (Wildman–Crippen MR) is 109 cm³/mol. The molecule has 2 nitrogen and oxygen atoms in total. The molecule has 1 aromatic heterocycles. The molecule has 0 N–H and O–H groups in total. The summed E-state index contributed by atoms with van der Waals surface area (Å²) in [5.74, 6) is 0. The summed E-state index contributed by atoms with van der Waals surface area (Å²) in [5.41, 5.74) is 7.60. The second-order valence-corrected chi connectivity index (χ2v) is 8.07. The first kappa shape index (κ1) is 16.1. The fraction of sp³-hybridized carbons (Fsp3) is 0.417. The molecule has 2 aliphatic rings. The average molecular weight is 345 g/mol. The topological polar surface area (TPSA) is 8.17 Å². The molecule has 2 aliphatic heterocycles. The number of fused-ring (bicyclic) bond motifs is 6. The highest BCUT2D eigenvalue weighted by molar-refractivity contribution is 5.87. The standard InChI is InChI=1S/C24H28N2/c1-3-17-9-11-21-20(15-17)24-22-12-10-19(25(22)2)16-23(24)26(21)14-13-18-7-5-4-6-8-18/h4-9,11,15,19,22H,3,10,12-14,16H2,1-2H3. The van der Waals surface area contributed by atoms with E-state index in [9.17, 15) is 0 Å². The van der Waals surface area contributed by atoms with E-state index in [1.807, 2.05) is 0 Å². The van der Waals surface area contributed by atoms with Gasteiger partial charge < -0.3 is 4.57 Å². The van der Waals surface area contributed by atoms with E-state index in [-0.39, 0.29) is 0 Å². The highest BCUT2D eigenvalue weighted by atomic mass is 15.2. The number of benzene rings is 2. The molecule has 0 amide bonds. The van der Waals surface area contributed by atoms with Gasteiger partial charge in [0.25, 0.3) is 0 Å². The van der Waals surface area contributed by atoms with E-state index in [0.717, 1.165) is 25.4 Å². The Morgan fingerprint density at radius 2 is 1.85 bits per heavy atom. The minimum atomic E-state index is 0.622. The second kappa shape index (κ2) is 6.28. The lowest BCUT2D eigenvalue weighted by Gasteiger charge is -2.32. The van der Waals surface area contributed by atoms with Crippen molar-refractivity contribution < 1.29 is 0 Å². The lowest BCUT2D eigenvalue weighted by molar-refractivity contribution is 0.222. The molecule has 0 spiro atoms. The van der Waals surface area contributed by atoms with Gasteiger partial charge in [-0.2, -0.15) is 0 Å². The molecular weight excluding hydrogens is 316 g/mol. The van der Waals surface area contributed by atoms with Crippen LogP contribution in [0.15, 0.2) is 48.5 Å². The molecule has 3 aromatic rings. The molecule has 26 heavy (non-hydrogen) atoms. The van der Waals surface area contributed by atoms with Crippen LogP contribution in [0.4, 0.5) is 0 Å². The van der Waals surface area contributed by atoms with Gasteiger partial charge >= 0.3 is 0 Å². The van der Waals surface area contributed by atoms with Crippen LogP contribution in [0.3, 0.4) is 0 Å². The van der Waals surface area contributed by atoms with Gasteiger partial charge in [-0.25, -0.2) is 0 Å². The Bertz CT molecular complexity index is 938. The Balaban J connectivity index is 1.62. The summed E-state index contributed by atoms with van der Waals surface area (Å²) in [6, 6.07) is 19.5. The van der Waals surface area contributed by atoms with Crippen molar-refractivity contribution in [3.8, 4) is 0 Å². The van der Waals surface area contributed by atoms with E-state index in [2.05, 4.69) is 72.0 Å². The molecule has 134 valence electrons. The zero-order chi connectivity index (χ0) is 17.7. The van der Waals surface area contributed by atoms with Gasteiger partial charge in [0.2, 0.25) is 0 Å². The minimum absolute atomic E-state index is 0.622. The third kappa shape index (κ3) is 2.43. The summed E-state index contributed by atoms with van der Waals surface area (Å²) in [4.78, 5) is 2.64. The summed E-state index contributed by atoms with van der Waals surface area (Å²) >= 11 is 0. The molecule has 1 fully saturated rings. The Morgan fingerprint density at radius 1 is 1.00 bits per heavy atom. The van der Waals surface area contributed by atoms with Gasteiger partial charge in [-0.3, -0.25) is 4.90 Å². The maximum Gasteiger partial charge on any atom is 0.0486 e. The van der Waals surface area contributed by atoms with Crippen molar-refractivity contribution in [2.45, 2.75) is 57.7 Å². The van der Waals surface area contributed by atoms with Gasteiger partial charge in [0.15, 0.2) is 0 Å². The van der Waals surface area contributed by atoms with Gasteiger partial charge in [0.1, 0.15) is 0 Å². The summed E-state index contributed by atoms with van der Waals surface area (Å²) in [7, 11) is 2.34. The quantitative estimate of drug-likeness (QED) is 0.636.